The second kappa shape index (κ2) is 10.9. The van der Waals surface area contributed by atoms with Crippen molar-refractivity contribution in [2.75, 3.05) is 46.6 Å². The van der Waals surface area contributed by atoms with Gasteiger partial charge in [-0.1, -0.05) is 30.3 Å². The molecule has 1 aromatic carbocycles. The van der Waals surface area contributed by atoms with Crippen LogP contribution < -0.4 is 5.73 Å². The van der Waals surface area contributed by atoms with Crippen molar-refractivity contribution < 1.29 is 9.47 Å². The fourth-order valence-electron chi connectivity index (χ4n) is 1.86. The number of methoxy groups -OCH3 is 1. The zero-order valence-electron chi connectivity index (χ0n) is 11.9. The quantitative estimate of drug-likeness (QED) is 0.617. The predicted molar refractivity (Wildman–Crippen MR) is 78.1 cm³/mol. The van der Waals surface area contributed by atoms with Gasteiger partial charge in [0.25, 0.3) is 0 Å². The Morgan fingerprint density at radius 3 is 2.53 bits per heavy atom. The predicted octanol–water partition coefficient (Wildman–Crippen LogP) is 1.50. The molecule has 0 unspecified atom stereocenters. The van der Waals surface area contributed by atoms with Gasteiger partial charge in [0.1, 0.15) is 0 Å². The maximum absolute atomic E-state index is 5.59. The van der Waals surface area contributed by atoms with E-state index in [-0.39, 0.29) is 0 Å². The summed E-state index contributed by atoms with van der Waals surface area (Å²) in [6.45, 7) is 5.68. The molecular weight excluding hydrogens is 240 g/mol. The highest BCUT2D eigenvalue weighted by atomic mass is 16.5. The third-order valence-corrected chi connectivity index (χ3v) is 2.91. The maximum atomic E-state index is 5.59. The zero-order valence-corrected chi connectivity index (χ0v) is 11.9. The molecule has 0 radical (unpaired) electrons. The van der Waals surface area contributed by atoms with Crippen molar-refractivity contribution in [3.05, 3.63) is 35.9 Å². The topological polar surface area (TPSA) is 47.7 Å². The van der Waals surface area contributed by atoms with Gasteiger partial charge in [-0.2, -0.15) is 0 Å². The van der Waals surface area contributed by atoms with E-state index in [0.29, 0.717) is 13.2 Å². The van der Waals surface area contributed by atoms with Gasteiger partial charge in [0.15, 0.2) is 0 Å². The Balaban J connectivity index is 2.30. The van der Waals surface area contributed by atoms with Crippen molar-refractivity contribution in [2.45, 2.75) is 13.0 Å². The van der Waals surface area contributed by atoms with Crippen LogP contribution in [0.2, 0.25) is 0 Å². The lowest BCUT2D eigenvalue weighted by molar-refractivity contribution is 0.0559. The van der Waals surface area contributed by atoms with Crippen LogP contribution in [-0.2, 0) is 16.0 Å². The van der Waals surface area contributed by atoms with E-state index in [2.05, 4.69) is 29.2 Å². The minimum Gasteiger partial charge on any atom is -0.382 e. The summed E-state index contributed by atoms with van der Waals surface area (Å²) in [5.74, 6) is 0. The Morgan fingerprint density at radius 1 is 1.05 bits per heavy atom. The minimum atomic E-state index is 0.654. The molecule has 0 atom stereocenters. The first-order chi connectivity index (χ1) is 9.36. The second-order valence-corrected chi connectivity index (χ2v) is 4.51. The van der Waals surface area contributed by atoms with Crippen LogP contribution in [0.15, 0.2) is 30.3 Å². The summed E-state index contributed by atoms with van der Waals surface area (Å²) in [6.07, 6.45) is 1.02. The molecule has 2 N–H and O–H groups in total. The molecule has 0 saturated heterocycles. The van der Waals surface area contributed by atoms with Gasteiger partial charge in [0, 0.05) is 20.2 Å². The number of hydrogen-bond donors (Lipinski definition) is 1. The molecule has 0 aromatic heterocycles. The Morgan fingerprint density at radius 2 is 1.84 bits per heavy atom. The Kier molecular flexibility index (Phi) is 9.27. The molecule has 4 nitrogen and oxygen atoms in total. The van der Waals surface area contributed by atoms with Crippen LogP contribution >= 0.6 is 0 Å². The van der Waals surface area contributed by atoms with Crippen molar-refractivity contribution >= 4 is 0 Å². The first-order valence-corrected chi connectivity index (χ1v) is 6.90. The largest absolute Gasteiger partial charge is 0.382 e. The Hall–Kier alpha value is -0.940. The van der Waals surface area contributed by atoms with Crippen LogP contribution in [0.1, 0.15) is 12.0 Å². The molecule has 0 fully saturated rings. The molecule has 0 aliphatic carbocycles. The summed E-state index contributed by atoms with van der Waals surface area (Å²) < 4.78 is 10.5. The van der Waals surface area contributed by atoms with Crippen LogP contribution in [-0.4, -0.2) is 51.5 Å². The molecule has 19 heavy (non-hydrogen) atoms. The fraction of sp³-hybridized carbons (Fsp3) is 0.600. The fourth-order valence-corrected chi connectivity index (χ4v) is 1.86. The molecule has 4 heteroatoms. The van der Waals surface area contributed by atoms with E-state index in [0.717, 1.165) is 39.2 Å². The number of ether oxygens (including phenoxy) is 2. The first kappa shape index (κ1) is 16.1. The number of nitrogens with two attached hydrogens (primary N) is 1. The summed E-state index contributed by atoms with van der Waals surface area (Å²) in [4.78, 5) is 2.38. The van der Waals surface area contributed by atoms with Crippen molar-refractivity contribution in [1.29, 1.82) is 0 Å². The third-order valence-electron chi connectivity index (χ3n) is 2.91. The van der Waals surface area contributed by atoms with Crippen LogP contribution in [0.4, 0.5) is 0 Å². The van der Waals surface area contributed by atoms with E-state index in [4.69, 9.17) is 15.2 Å². The Labute approximate surface area is 116 Å². The van der Waals surface area contributed by atoms with Gasteiger partial charge in [-0.05, 0) is 25.1 Å². The van der Waals surface area contributed by atoms with Crippen LogP contribution in [0.5, 0.6) is 0 Å². The standard InChI is InChI=1S/C15H26N2O2/c1-18-12-13-19-11-10-17(9-5-8-16)14-15-6-3-2-4-7-15/h2-4,6-7H,5,8-14,16H2,1H3. The van der Waals surface area contributed by atoms with E-state index >= 15 is 0 Å². The molecule has 0 bridgehead atoms. The highest BCUT2D eigenvalue weighted by Gasteiger charge is 2.05. The number of hydrogen-bond acceptors (Lipinski definition) is 4. The number of benzene rings is 1. The normalized spacial score (nSPS) is 11.1. The van der Waals surface area contributed by atoms with Gasteiger partial charge in [0.2, 0.25) is 0 Å². The van der Waals surface area contributed by atoms with E-state index in [1.165, 1.54) is 5.56 Å². The highest BCUT2D eigenvalue weighted by molar-refractivity contribution is 5.14. The minimum absolute atomic E-state index is 0.654. The highest BCUT2D eigenvalue weighted by Crippen LogP contribution is 2.04. The van der Waals surface area contributed by atoms with Crippen LogP contribution in [0, 0.1) is 0 Å². The van der Waals surface area contributed by atoms with Gasteiger partial charge in [-0.15, -0.1) is 0 Å². The summed E-state index contributed by atoms with van der Waals surface area (Å²) in [5, 5.41) is 0. The average molecular weight is 266 g/mol. The number of nitrogens with zero attached hydrogens (tertiary/aromatic N) is 1. The molecule has 0 spiro atoms. The summed E-state index contributed by atoms with van der Waals surface area (Å²) in [6, 6.07) is 10.5. The van der Waals surface area contributed by atoms with Gasteiger partial charge in [-0.25, -0.2) is 0 Å². The number of rotatable bonds is 11. The molecule has 0 aliphatic heterocycles. The lowest BCUT2D eigenvalue weighted by atomic mass is 10.2. The van der Waals surface area contributed by atoms with Crippen molar-refractivity contribution in [3.63, 3.8) is 0 Å². The van der Waals surface area contributed by atoms with Gasteiger partial charge < -0.3 is 15.2 Å². The van der Waals surface area contributed by atoms with Crippen LogP contribution in [0.25, 0.3) is 0 Å². The first-order valence-electron chi connectivity index (χ1n) is 6.90. The van der Waals surface area contributed by atoms with Gasteiger partial charge in [0.05, 0.1) is 19.8 Å². The summed E-state index contributed by atoms with van der Waals surface area (Å²) in [5.41, 5.74) is 6.92. The summed E-state index contributed by atoms with van der Waals surface area (Å²) in [7, 11) is 1.69. The van der Waals surface area contributed by atoms with E-state index in [1.807, 2.05) is 6.07 Å². The van der Waals surface area contributed by atoms with Gasteiger partial charge >= 0.3 is 0 Å². The van der Waals surface area contributed by atoms with E-state index in [9.17, 15) is 0 Å². The molecule has 0 aliphatic rings. The van der Waals surface area contributed by atoms with Crippen molar-refractivity contribution in [3.8, 4) is 0 Å². The Bertz CT molecular complexity index is 306. The molecule has 1 rings (SSSR count). The maximum Gasteiger partial charge on any atom is 0.0700 e. The van der Waals surface area contributed by atoms with Crippen molar-refractivity contribution in [1.82, 2.24) is 4.90 Å². The zero-order chi connectivity index (χ0) is 13.8. The molecule has 0 saturated carbocycles. The molecule has 108 valence electrons. The lowest BCUT2D eigenvalue weighted by Crippen LogP contribution is -2.29. The molecule has 1 aromatic rings. The van der Waals surface area contributed by atoms with Gasteiger partial charge in [-0.3, -0.25) is 4.90 Å². The van der Waals surface area contributed by atoms with E-state index in [1.54, 1.807) is 7.11 Å². The second-order valence-electron chi connectivity index (χ2n) is 4.51. The monoisotopic (exact) mass is 266 g/mol. The van der Waals surface area contributed by atoms with Crippen LogP contribution in [0.3, 0.4) is 0 Å². The molecule has 0 heterocycles. The molecular formula is C15H26N2O2. The molecule has 0 amide bonds. The lowest BCUT2D eigenvalue weighted by Gasteiger charge is -2.22. The SMILES string of the molecule is COCCOCCN(CCCN)Cc1ccccc1. The van der Waals surface area contributed by atoms with Crippen molar-refractivity contribution in [2.24, 2.45) is 5.73 Å². The summed E-state index contributed by atoms with van der Waals surface area (Å²) >= 11 is 0. The van der Waals surface area contributed by atoms with E-state index < -0.39 is 0 Å². The smallest absolute Gasteiger partial charge is 0.0700 e. The third kappa shape index (κ3) is 7.95. The average Bonchev–Trinajstić information content (AvgIpc) is 2.45.